The van der Waals surface area contributed by atoms with Gasteiger partial charge < -0.3 is 9.47 Å². The van der Waals surface area contributed by atoms with Crippen LogP contribution < -0.4 is 9.88 Å². The molecular formula is C12H17NO5S. The molecule has 0 saturated carbocycles. The Kier molecular flexibility index (Phi) is 4.90. The summed E-state index contributed by atoms with van der Waals surface area (Å²) in [5, 5.41) is 5.03. The zero-order valence-corrected chi connectivity index (χ0v) is 11.9. The first-order valence-corrected chi connectivity index (χ1v) is 7.31. The molecule has 106 valence electrons. The molecule has 0 aliphatic carbocycles. The van der Waals surface area contributed by atoms with E-state index in [1.807, 2.05) is 0 Å². The molecule has 19 heavy (non-hydrogen) atoms. The number of rotatable bonds is 5. The zero-order chi connectivity index (χ0) is 14.6. The van der Waals surface area contributed by atoms with Crippen molar-refractivity contribution in [2.75, 3.05) is 6.61 Å². The SMILES string of the molecule is CCOc1ccc(S(N)(=O)=O)cc1C(=O)OC(C)C. The zero-order valence-electron chi connectivity index (χ0n) is 11.0. The number of primary sulfonamides is 1. The van der Waals surface area contributed by atoms with Crippen molar-refractivity contribution in [2.45, 2.75) is 31.8 Å². The molecule has 1 aromatic carbocycles. The van der Waals surface area contributed by atoms with E-state index >= 15 is 0 Å². The van der Waals surface area contributed by atoms with Crippen LogP contribution in [-0.2, 0) is 14.8 Å². The van der Waals surface area contributed by atoms with Crippen LogP contribution in [0, 0.1) is 0 Å². The van der Waals surface area contributed by atoms with E-state index in [4.69, 9.17) is 14.6 Å². The van der Waals surface area contributed by atoms with E-state index in [1.165, 1.54) is 12.1 Å². The van der Waals surface area contributed by atoms with Crippen LogP contribution in [0.4, 0.5) is 0 Å². The fourth-order valence-corrected chi connectivity index (χ4v) is 1.94. The highest BCUT2D eigenvalue weighted by molar-refractivity contribution is 7.89. The second-order valence-corrected chi connectivity index (χ2v) is 5.65. The van der Waals surface area contributed by atoms with Gasteiger partial charge in [0.25, 0.3) is 0 Å². The Balaban J connectivity index is 3.27. The number of ether oxygens (including phenoxy) is 2. The summed E-state index contributed by atoms with van der Waals surface area (Å²) in [5.74, 6) is -0.385. The van der Waals surface area contributed by atoms with Gasteiger partial charge in [0.05, 0.1) is 17.6 Å². The molecule has 0 heterocycles. The van der Waals surface area contributed by atoms with Gasteiger partial charge in [0.1, 0.15) is 11.3 Å². The normalized spacial score (nSPS) is 11.4. The summed E-state index contributed by atoms with van der Waals surface area (Å²) >= 11 is 0. The Labute approximate surface area is 112 Å². The minimum Gasteiger partial charge on any atom is -0.493 e. The van der Waals surface area contributed by atoms with Gasteiger partial charge in [-0.2, -0.15) is 0 Å². The first-order valence-electron chi connectivity index (χ1n) is 5.76. The average Bonchev–Trinajstić information content (AvgIpc) is 2.27. The molecule has 0 saturated heterocycles. The van der Waals surface area contributed by atoms with Crippen LogP contribution in [0.2, 0.25) is 0 Å². The summed E-state index contributed by atoms with van der Waals surface area (Å²) in [4.78, 5) is 11.7. The van der Waals surface area contributed by atoms with E-state index in [-0.39, 0.29) is 22.3 Å². The van der Waals surface area contributed by atoms with E-state index in [2.05, 4.69) is 0 Å². The molecule has 7 heteroatoms. The first-order chi connectivity index (χ1) is 8.75. The van der Waals surface area contributed by atoms with Crippen molar-refractivity contribution in [3.63, 3.8) is 0 Å². The molecule has 0 radical (unpaired) electrons. The first kappa shape index (κ1) is 15.5. The summed E-state index contributed by atoms with van der Waals surface area (Å²) in [6.45, 7) is 5.49. The van der Waals surface area contributed by atoms with Gasteiger partial charge in [-0.05, 0) is 39.0 Å². The molecule has 0 aliphatic rings. The Hall–Kier alpha value is -1.60. The van der Waals surface area contributed by atoms with Crippen LogP contribution in [0.3, 0.4) is 0 Å². The van der Waals surface area contributed by atoms with Gasteiger partial charge in [-0.25, -0.2) is 18.4 Å². The maximum Gasteiger partial charge on any atom is 0.342 e. The maximum atomic E-state index is 11.9. The number of carbonyl (C=O) groups excluding carboxylic acids is 1. The number of hydrogen-bond donors (Lipinski definition) is 1. The van der Waals surface area contributed by atoms with Gasteiger partial charge in [0, 0.05) is 0 Å². The van der Waals surface area contributed by atoms with E-state index in [1.54, 1.807) is 20.8 Å². The lowest BCUT2D eigenvalue weighted by Gasteiger charge is -2.13. The molecule has 2 N–H and O–H groups in total. The Morgan fingerprint density at radius 2 is 2.00 bits per heavy atom. The third-order valence-electron chi connectivity index (χ3n) is 2.14. The Morgan fingerprint density at radius 3 is 2.47 bits per heavy atom. The van der Waals surface area contributed by atoms with Gasteiger partial charge in [0.15, 0.2) is 0 Å². The third kappa shape index (κ3) is 4.22. The number of benzene rings is 1. The summed E-state index contributed by atoms with van der Waals surface area (Å²) in [5.41, 5.74) is 0.0436. The van der Waals surface area contributed by atoms with Gasteiger partial charge in [0.2, 0.25) is 10.0 Å². The Morgan fingerprint density at radius 1 is 1.37 bits per heavy atom. The minimum absolute atomic E-state index is 0.0436. The summed E-state index contributed by atoms with van der Waals surface area (Å²) in [6.07, 6.45) is -0.319. The van der Waals surface area contributed by atoms with Gasteiger partial charge in [-0.3, -0.25) is 0 Å². The smallest absolute Gasteiger partial charge is 0.342 e. The van der Waals surface area contributed by atoms with E-state index < -0.39 is 16.0 Å². The maximum absolute atomic E-state index is 11.9. The van der Waals surface area contributed by atoms with Crippen molar-refractivity contribution in [3.05, 3.63) is 23.8 Å². The van der Waals surface area contributed by atoms with E-state index in [9.17, 15) is 13.2 Å². The van der Waals surface area contributed by atoms with Crippen molar-refractivity contribution in [3.8, 4) is 5.75 Å². The molecular weight excluding hydrogens is 270 g/mol. The molecule has 1 aromatic rings. The lowest BCUT2D eigenvalue weighted by atomic mass is 10.2. The fraction of sp³-hybridized carbons (Fsp3) is 0.417. The van der Waals surface area contributed by atoms with Crippen LogP contribution in [-0.4, -0.2) is 27.1 Å². The fourth-order valence-electron chi connectivity index (χ4n) is 1.40. The topological polar surface area (TPSA) is 95.7 Å². The molecule has 0 spiro atoms. The van der Waals surface area contributed by atoms with Crippen molar-refractivity contribution >= 4 is 16.0 Å². The number of sulfonamides is 1. The van der Waals surface area contributed by atoms with Crippen LogP contribution in [0.15, 0.2) is 23.1 Å². The van der Waals surface area contributed by atoms with E-state index in [0.717, 1.165) is 6.07 Å². The van der Waals surface area contributed by atoms with Gasteiger partial charge >= 0.3 is 5.97 Å². The number of nitrogens with two attached hydrogens (primary N) is 1. The largest absolute Gasteiger partial charge is 0.493 e. The van der Waals surface area contributed by atoms with Crippen LogP contribution in [0.25, 0.3) is 0 Å². The summed E-state index contributed by atoms with van der Waals surface area (Å²) in [6, 6.07) is 3.83. The van der Waals surface area contributed by atoms with Crippen molar-refractivity contribution in [2.24, 2.45) is 5.14 Å². The average molecular weight is 287 g/mol. The molecule has 0 aliphatic heterocycles. The number of carbonyl (C=O) groups is 1. The highest BCUT2D eigenvalue weighted by Crippen LogP contribution is 2.23. The van der Waals surface area contributed by atoms with E-state index in [0.29, 0.717) is 6.61 Å². The van der Waals surface area contributed by atoms with Crippen molar-refractivity contribution in [1.29, 1.82) is 0 Å². The molecule has 0 fully saturated rings. The van der Waals surface area contributed by atoms with Gasteiger partial charge in [-0.15, -0.1) is 0 Å². The monoisotopic (exact) mass is 287 g/mol. The number of hydrogen-bond acceptors (Lipinski definition) is 5. The lowest BCUT2D eigenvalue weighted by Crippen LogP contribution is -2.16. The standard InChI is InChI=1S/C12H17NO5S/c1-4-17-11-6-5-9(19(13,15)16)7-10(11)12(14)18-8(2)3/h5-8H,4H2,1-3H3,(H2,13,15,16). The van der Waals surface area contributed by atoms with Crippen LogP contribution in [0.5, 0.6) is 5.75 Å². The van der Waals surface area contributed by atoms with Crippen LogP contribution in [0.1, 0.15) is 31.1 Å². The third-order valence-corrected chi connectivity index (χ3v) is 3.05. The molecule has 0 aromatic heterocycles. The Bertz CT molecular complexity index is 565. The number of esters is 1. The molecule has 6 nitrogen and oxygen atoms in total. The highest BCUT2D eigenvalue weighted by atomic mass is 32.2. The quantitative estimate of drug-likeness (QED) is 0.823. The van der Waals surface area contributed by atoms with Crippen LogP contribution >= 0.6 is 0 Å². The van der Waals surface area contributed by atoms with Crippen molar-refractivity contribution in [1.82, 2.24) is 0 Å². The highest BCUT2D eigenvalue weighted by Gasteiger charge is 2.19. The lowest BCUT2D eigenvalue weighted by molar-refractivity contribution is 0.0373. The van der Waals surface area contributed by atoms with Crippen molar-refractivity contribution < 1.29 is 22.7 Å². The minimum atomic E-state index is -3.88. The summed E-state index contributed by atoms with van der Waals surface area (Å²) < 4.78 is 32.9. The summed E-state index contributed by atoms with van der Waals surface area (Å²) in [7, 11) is -3.88. The molecule has 0 bridgehead atoms. The molecule has 0 atom stereocenters. The van der Waals surface area contributed by atoms with Gasteiger partial charge in [-0.1, -0.05) is 0 Å². The second-order valence-electron chi connectivity index (χ2n) is 4.09. The second kappa shape index (κ2) is 6.03. The molecule has 0 amide bonds. The predicted molar refractivity (Wildman–Crippen MR) is 69.5 cm³/mol. The molecule has 0 unspecified atom stereocenters. The predicted octanol–water partition coefficient (Wildman–Crippen LogP) is 1.30. The molecule has 1 rings (SSSR count).